The van der Waals surface area contributed by atoms with E-state index in [4.69, 9.17) is 5.73 Å². The van der Waals surface area contributed by atoms with Crippen molar-refractivity contribution in [3.63, 3.8) is 0 Å². The third-order valence-corrected chi connectivity index (χ3v) is 2.86. The first-order valence-electron chi connectivity index (χ1n) is 5.98. The molecule has 2 amide bonds. The van der Waals surface area contributed by atoms with E-state index in [2.05, 4.69) is 10.4 Å². The molecule has 7 heteroatoms. The third kappa shape index (κ3) is 3.22. The van der Waals surface area contributed by atoms with Crippen LogP contribution in [-0.2, 0) is 16.1 Å². The Morgan fingerprint density at radius 2 is 2.11 bits per heavy atom. The van der Waals surface area contributed by atoms with Gasteiger partial charge in [-0.25, -0.2) is 0 Å². The molecule has 3 N–H and O–H groups in total. The lowest BCUT2D eigenvalue weighted by Crippen LogP contribution is -2.39. The number of nitrogen functional groups attached to an aromatic ring is 1. The van der Waals surface area contributed by atoms with Crippen LogP contribution in [0.4, 0.5) is 5.82 Å². The summed E-state index contributed by atoms with van der Waals surface area (Å²) in [6.45, 7) is 1.72. The summed E-state index contributed by atoms with van der Waals surface area (Å²) in [6, 6.07) is 1.61. The fraction of sp³-hybridized carbons (Fsp3) is 0.545. The predicted molar refractivity (Wildman–Crippen MR) is 65.5 cm³/mol. The van der Waals surface area contributed by atoms with Gasteiger partial charge in [-0.3, -0.25) is 14.3 Å². The van der Waals surface area contributed by atoms with Crippen molar-refractivity contribution < 1.29 is 9.59 Å². The van der Waals surface area contributed by atoms with Crippen molar-refractivity contribution in [3.05, 3.63) is 12.3 Å². The summed E-state index contributed by atoms with van der Waals surface area (Å²) in [7, 11) is 0. The number of anilines is 1. The number of nitrogens with zero attached hydrogens (tertiary/aromatic N) is 3. The molecule has 1 aromatic rings. The molecule has 98 valence electrons. The number of amides is 2. The monoisotopic (exact) mass is 251 g/mol. The molecule has 0 bridgehead atoms. The molecular weight excluding hydrogens is 234 g/mol. The minimum absolute atomic E-state index is 0.0270. The average Bonchev–Trinajstić information content (AvgIpc) is 2.97. The number of hydrogen-bond donors (Lipinski definition) is 2. The summed E-state index contributed by atoms with van der Waals surface area (Å²) < 4.78 is 1.44. The first kappa shape index (κ1) is 12.4. The normalized spacial score (nSPS) is 14.8. The molecule has 1 aromatic heterocycles. The number of nitrogens with two attached hydrogens (primary N) is 1. The lowest BCUT2D eigenvalue weighted by atomic mass is 10.4. The Morgan fingerprint density at radius 3 is 2.72 bits per heavy atom. The number of aromatic nitrogens is 2. The van der Waals surface area contributed by atoms with E-state index < -0.39 is 0 Å². The van der Waals surface area contributed by atoms with Crippen molar-refractivity contribution in [2.45, 2.75) is 19.4 Å². The van der Waals surface area contributed by atoms with Crippen LogP contribution in [-0.4, -0.2) is 46.1 Å². The van der Waals surface area contributed by atoms with Crippen LogP contribution < -0.4 is 11.1 Å². The van der Waals surface area contributed by atoms with Gasteiger partial charge in [0.2, 0.25) is 11.8 Å². The standard InChI is InChI=1S/C11H17N5O2/c12-9-3-6-16(14-9)8-10(17)13-7-11(18)15-4-1-2-5-15/h3,6H,1-2,4-5,7-8H2,(H2,12,14)(H,13,17). The molecule has 0 aromatic carbocycles. The number of rotatable bonds is 4. The predicted octanol–water partition coefficient (Wildman–Crippen LogP) is -0.796. The zero-order valence-electron chi connectivity index (χ0n) is 10.1. The largest absolute Gasteiger partial charge is 0.382 e. The molecule has 0 aliphatic carbocycles. The summed E-state index contributed by atoms with van der Waals surface area (Å²) in [4.78, 5) is 25.0. The average molecular weight is 251 g/mol. The van der Waals surface area contributed by atoms with Gasteiger partial charge in [-0.05, 0) is 18.9 Å². The Morgan fingerprint density at radius 1 is 1.39 bits per heavy atom. The molecule has 0 unspecified atom stereocenters. The lowest BCUT2D eigenvalue weighted by molar-refractivity contribution is -0.132. The van der Waals surface area contributed by atoms with E-state index in [1.54, 1.807) is 17.2 Å². The van der Waals surface area contributed by atoms with E-state index in [1.807, 2.05) is 0 Å². The van der Waals surface area contributed by atoms with Crippen LogP contribution in [0.2, 0.25) is 0 Å². The van der Waals surface area contributed by atoms with Crippen molar-refractivity contribution >= 4 is 17.6 Å². The summed E-state index contributed by atoms with van der Waals surface area (Å²) >= 11 is 0. The maximum absolute atomic E-state index is 11.7. The Bertz CT molecular complexity index is 436. The molecule has 2 rings (SSSR count). The van der Waals surface area contributed by atoms with Crippen LogP contribution >= 0.6 is 0 Å². The summed E-state index contributed by atoms with van der Waals surface area (Å²) in [6.07, 6.45) is 3.72. The van der Waals surface area contributed by atoms with E-state index in [0.29, 0.717) is 5.82 Å². The van der Waals surface area contributed by atoms with Gasteiger partial charge in [0.05, 0.1) is 6.54 Å². The summed E-state index contributed by atoms with van der Waals surface area (Å²) in [5, 5.41) is 6.48. The molecule has 7 nitrogen and oxygen atoms in total. The van der Waals surface area contributed by atoms with Gasteiger partial charge in [-0.2, -0.15) is 5.10 Å². The molecule has 1 saturated heterocycles. The quantitative estimate of drug-likeness (QED) is 0.733. The molecule has 1 aliphatic heterocycles. The first-order valence-corrected chi connectivity index (χ1v) is 5.98. The SMILES string of the molecule is Nc1ccn(CC(=O)NCC(=O)N2CCCC2)n1. The van der Waals surface area contributed by atoms with Gasteiger partial charge in [-0.15, -0.1) is 0 Å². The third-order valence-electron chi connectivity index (χ3n) is 2.86. The van der Waals surface area contributed by atoms with Gasteiger partial charge in [0.25, 0.3) is 0 Å². The fourth-order valence-electron chi connectivity index (χ4n) is 1.92. The van der Waals surface area contributed by atoms with Crippen LogP contribution in [0.3, 0.4) is 0 Å². The van der Waals surface area contributed by atoms with E-state index >= 15 is 0 Å². The van der Waals surface area contributed by atoms with E-state index in [1.165, 1.54) is 4.68 Å². The van der Waals surface area contributed by atoms with Gasteiger partial charge >= 0.3 is 0 Å². The lowest BCUT2D eigenvalue weighted by Gasteiger charge is -2.15. The molecule has 2 heterocycles. The molecule has 0 radical (unpaired) electrons. The smallest absolute Gasteiger partial charge is 0.242 e. The van der Waals surface area contributed by atoms with Crippen molar-refractivity contribution in [1.29, 1.82) is 0 Å². The number of hydrogen-bond acceptors (Lipinski definition) is 4. The van der Waals surface area contributed by atoms with Gasteiger partial charge in [0, 0.05) is 19.3 Å². The Kier molecular flexibility index (Phi) is 3.81. The number of carbonyl (C=O) groups is 2. The molecule has 1 aliphatic rings. The van der Waals surface area contributed by atoms with Gasteiger partial charge < -0.3 is 16.0 Å². The van der Waals surface area contributed by atoms with Crippen LogP contribution in [0.1, 0.15) is 12.8 Å². The number of nitrogens with one attached hydrogen (secondary N) is 1. The van der Waals surface area contributed by atoms with Gasteiger partial charge in [-0.1, -0.05) is 0 Å². The number of carbonyl (C=O) groups excluding carboxylic acids is 2. The maximum Gasteiger partial charge on any atom is 0.242 e. The first-order chi connectivity index (χ1) is 8.65. The highest BCUT2D eigenvalue weighted by molar-refractivity contribution is 5.84. The van der Waals surface area contributed by atoms with Crippen molar-refractivity contribution in [2.24, 2.45) is 0 Å². The van der Waals surface area contributed by atoms with Crippen molar-refractivity contribution in [1.82, 2.24) is 20.0 Å². The molecule has 0 atom stereocenters. The second-order valence-electron chi connectivity index (χ2n) is 4.30. The Labute approximate surface area is 105 Å². The van der Waals surface area contributed by atoms with Crippen LogP contribution in [0.25, 0.3) is 0 Å². The minimum atomic E-state index is -0.245. The van der Waals surface area contributed by atoms with Gasteiger partial charge in [0.15, 0.2) is 0 Å². The van der Waals surface area contributed by atoms with E-state index in [9.17, 15) is 9.59 Å². The van der Waals surface area contributed by atoms with Crippen molar-refractivity contribution in [2.75, 3.05) is 25.4 Å². The highest BCUT2D eigenvalue weighted by Gasteiger charge is 2.18. The Balaban J connectivity index is 1.72. The summed E-state index contributed by atoms with van der Waals surface area (Å²) in [5.74, 6) is 0.0995. The van der Waals surface area contributed by atoms with Crippen LogP contribution in [0, 0.1) is 0 Å². The molecule has 1 fully saturated rings. The zero-order valence-corrected chi connectivity index (χ0v) is 10.1. The Hall–Kier alpha value is -2.05. The van der Waals surface area contributed by atoms with Crippen molar-refractivity contribution in [3.8, 4) is 0 Å². The summed E-state index contributed by atoms with van der Waals surface area (Å²) in [5.41, 5.74) is 5.43. The molecule has 0 spiro atoms. The topological polar surface area (TPSA) is 93.2 Å². The van der Waals surface area contributed by atoms with E-state index in [-0.39, 0.29) is 24.9 Å². The molecular formula is C11H17N5O2. The minimum Gasteiger partial charge on any atom is -0.382 e. The zero-order chi connectivity index (χ0) is 13.0. The van der Waals surface area contributed by atoms with Crippen LogP contribution in [0.15, 0.2) is 12.3 Å². The number of likely N-dealkylation sites (tertiary alicyclic amines) is 1. The van der Waals surface area contributed by atoms with Gasteiger partial charge in [0.1, 0.15) is 12.4 Å². The highest BCUT2D eigenvalue weighted by atomic mass is 16.2. The maximum atomic E-state index is 11.7. The second-order valence-corrected chi connectivity index (χ2v) is 4.30. The van der Waals surface area contributed by atoms with Crippen LogP contribution in [0.5, 0.6) is 0 Å². The second kappa shape index (κ2) is 5.52. The van der Waals surface area contributed by atoms with E-state index in [0.717, 1.165) is 25.9 Å². The molecule has 18 heavy (non-hydrogen) atoms. The highest BCUT2D eigenvalue weighted by Crippen LogP contribution is 2.06. The fourth-order valence-corrected chi connectivity index (χ4v) is 1.92. The molecule has 0 saturated carbocycles.